The summed E-state index contributed by atoms with van der Waals surface area (Å²) in [4.78, 5) is 12.2. The van der Waals surface area contributed by atoms with E-state index in [1.165, 1.54) is 17.9 Å². The molecule has 0 aliphatic heterocycles. The van der Waals surface area contributed by atoms with Crippen LogP contribution in [0.3, 0.4) is 0 Å². The highest BCUT2D eigenvalue weighted by Gasteiger charge is 2.39. The number of carbonyl (C=O) groups excluding carboxylic acids is 1. The molecule has 0 spiro atoms. The standard InChI is InChI=1S/C16H15Cl2F2N3O/c1-23-7-11(14(22-23)15(19)20)16(24)21-13-5-9(13)4-8-2-3-10(17)6-12(8)18/h2-3,6-7,9,13,15H,4-5H2,1H3,(H,21,24). The van der Waals surface area contributed by atoms with E-state index in [4.69, 9.17) is 23.2 Å². The van der Waals surface area contributed by atoms with Gasteiger partial charge in [0, 0.05) is 29.3 Å². The third kappa shape index (κ3) is 3.70. The highest BCUT2D eigenvalue weighted by Crippen LogP contribution is 2.36. The van der Waals surface area contributed by atoms with Crippen LogP contribution in [-0.2, 0) is 13.5 Å². The number of hydrogen-bond acceptors (Lipinski definition) is 2. The monoisotopic (exact) mass is 373 g/mol. The van der Waals surface area contributed by atoms with Crippen molar-refractivity contribution in [2.24, 2.45) is 13.0 Å². The third-order valence-electron chi connectivity index (χ3n) is 4.04. The number of nitrogens with zero attached hydrogens (tertiary/aromatic N) is 2. The second kappa shape index (κ2) is 6.69. The lowest BCUT2D eigenvalue weighted by molar-refractivity contribution is 0.0934. The highest BCUT2D eigenvalue weighted by atomic mass is 35.5. The summed E-state index contributed by atoms with van der Waals surface area (Å²) in [6.45, 7) is 0. The van der Waals surface area contributed by atoms with Crippen LogP contribution in [0.1, 0.15) is 34.5 Å². The van der Waals surface area contributed by atoms with Gasteiger partial charge in [-0.3, -0.25) is 9.48 Å². The van der Waals surface area contributed by atoms with Crippen LogP contribution in [0.5, 0.6) is 0 Å². The van der Waals surface area contributed by atoms with Crippen molar-refractivity contribution in [2.45, 2.75) is 25.3 Å². The number of amides is 1. The number of hydrogen-bond donors (Lipinski definition) is 1. The first-order chi connectivity index (χ1) is 11.3. The lowest BCUT2D eigenvalue weighted by atomic mass is 10.1. The average Bonchev–Trinajstić information content (AvgIpc) is 3.09. The first kappa shape index (κ1) is 17.2. The summed E-state index contributed by atoms with van der Waals surface area (Å²) in [6, 6.07) is 5.26. The number of alkyl halides is 2. The van der Waals surface area contributed by atoms with Gasteiger partial charge in [-0.1, -0.05) is 29.3 Å². The first-order valence-corrected chi connectivity index (χ1v) is 8.17. The molecule has 1 saturated carbocycles. The minimum atomic E-state index is -2.78. The average molecular weight is 374 g/mol. The number of benzene rings is 1. The van der Waals surface area contributed by atoms with Gasteiger partial charge in [0.25, 0.3) is 12.3 Å². The molecule has 2 aromatic rings. The van der Waals surface area contributed by atoms with E-state index < -0.39 is 18.0 Å². The molecule has 1 aromatic carbocycles. The smallest absolute Gasteiger partial charge is 0.282 e. The predicted octanol–water partition coefficient (Wildman–Crippen LogP) is 4.03. The predicted molar refractivity (Wildman–Crippen MR) is 87.7 cm³/mol. The second-order valence-electron chi connectivity index (χ2n) is 5.92. The van der Waals surface area contributed by atoms with Crippen molar-refractivity contribution < 1.29 is 13.6 Å². The SMILES string of the molecule is Cn1cc(C(=O)NC2CC2Cc2ccc(Cl)cc2Cl)c(C(F)F)n1. The molecule has 1 aliphatic rings. The Bertz CT molecular complexity index is 779. The van der Waals surface area contributed by atoms with Crippen LogP contribution in [-0.4, -0.2) is 21.7 Å². The third-order valence-corrected chi connectivity index (χ3v) is 4.63. The molecule has 24 heavy (non-hydrogen) atoms. The molecular weight excluding hydrogens is 359 g/mol. The molecule has 3 rings (SSSR count). The molecule has 1 aliphatic carbocycles. The molecule has 1 amide bonds. The van der Waals surface area contributed by atoms with Crippen molar-refractivity contribution in [3.63, 3.8) is 0 Å². The van der Waals surface area contributed by atoms with E-state index >= 15 is 0 Å². The zero-order valence-electron chi connectivity index (χ0n) is 12.8. The van der Waals surface area contributed by atoms with Gasteiger partial charge in [0.15, 0.2) is 0 Å². The number of carbonyl (C=O) groups is 1. The van der Waals surface area contributed by atoms with Crippen LogP contribution in [0, 0.1) is 5.92 Å². The van der Waals surface area contributed by atoms with E-state index in [9.17, 15) is 13.6 Å². The summed E-state index contributed by atoms with van der Waals surface area (Å²) in [5.41, 5.74) is 0.382. The Morgan fingerprint density at radius 1 is 1.46 bits per heavy atom. The molecule has 1 N–H and O–H groups in total. The molecule has 2 atom stereocenters. The summed E-state index contributed by atoms with van der Waals surface area (Å²) in [7, 11) is 1.51. The number of halogens is 4. The maximum absolute atomic E-state index is 12.9. The van der Waals surface area contributed by atoms with Gasteiger partial charge in [-0.25, -0.2) is 8.78 Å². The van der Waals surface area contributed by atoms with Gasteiger partial charge in [0.2, 0.25) is 0 Å². The fraction of sp³-hybridized carbons (Fsp3) is 0.375. The molecule has 1 heterocycles. The van der Waals surface area contributed by atoms with Crippen molar-refractivity contribution in [1.82, 2.24) is 15.1 Å². The number of nitrogens with one attached hydrogen (secondary N) is 1. The summed E-state index contributed by atoms with van der Waals surface area (Å²) in [5, 5.41) is 7.59. The fourth-order valence-electron chi connectivity index (χ4n) is 2.71. The highest BCUT2D eigenvalue weighted by molar-refractivity contribution is 6.35. The van der Waals surface area contributed by atoms with E-state index in [-0.39, 0.29) is 17.5 Å². The van der Waals surface area contributed by atoms with Crippen molar-refractivity contribution in [3.8, 4) is 0 Å². The molecule has 8 heteroatoms. The molecule has 0 radical (unpaired) electrons. The number of aryl methyl sites for hydroxylation is 1. The summed E-state index contributed by atoms with van der Waals surface area (Å²) >= 11 is 12.0. The first-order valence-electron chi connectivity index (χ1n) is 7.41. The Morgan fingerprint density at radius 2 is 2.21 bits per heavy atom. The van der Waals surface area contributed by atoms with Crippen LogP contribution in [0.25, 0.3) is 0 Å². The van der Waals surface area contributed by atoms with E-state index in [1.807, 2.05) is 6.07 Å². The Kier molecular flexibility index (Phi) is 4.78. The van der Waals surface area contributed by atoms with Crippen LogP contribution in [0.4, 0.5) is 8.78 Å². The van der Waals surface area contributed by atoms with Gasteiger partial charge < -0.3 is 5.32 Å². The Balaban J connectivity index is 1.61. The fourth-order valence-corrected chi connectivity index (χ4v) is 3.19. The summed E-state index contributed by atoms with van der Waals surface area (Å²) in [6.07, 6.45) is 0.0180. The molecule has 4 nitrogen and oxygen atoms in total. The van der Waals surface area contributed by atoms with Gasteiger partial charge in [-0.2, -0.15) is 5.10 Å². The van der Waals surface area contributed by atoms with Gasteiger partial charge in [-0.05, 0) is 36.5 Å². The van der Waals surface area contributed by atoms with Gasteiger partial charge in [0.1, 0.15) is 5.69 Å². The minimum absolute atomic E-state index is 0.0463. The van der Waals surface area contributed by atoms with Gasteiger partial charge in [-0.15, -0.1) is 0 Å². The van der Waals surface area contributed by atoms with E-state index in [0.29, 0.717) is 16.5 Å². The van der Waals surface area contributed by atoms with Crippen molar-refractivity contribution >= 4 is 29.1 Å². The van der Waals surface area contributed by atoms with Crippen molar-refractivity contribution in [1.29, 1.82) is 0 Å². The van der Waals surface area contributed by atoms with E-state index in [0.717, 1.165) is 12.0 Å². The minimum Gasteiger partial charge on any atom is -0.349 e. The zero-order valence-corrected chi connectivity index (χ0v) is 14.3. The van der Waals surface area contributed by atoms with Crippen molar-refractivity contribution in [3.05, 3.63) is 51.3 Å². The maximum Gasteiger partial charge on any atom is 0.282 e. The molecule has 0 saturated heterocycles. The molecule has 2 unspecified atom stereocenters. The molecule has 128 valence electrons. The Morgan fingerprint density at radius 3 is 2.88 bits per heavy atom. The molecular formula is C16H15Cl2F2N3O. The van der Waals surface area contributed by atoms with Crippen LogP contribution < -0.4 is 5.32 Å². The lowest BCUT2D eigenvalue weighted by Crippen LogP contribution is -2.27. The normalized spacial score (nSPS) is 19.6. The van der Waals surface area contributed by atoms with Crippen LogP contribution in [0.15, 0.2) is 24.4 Å². The largest absolute Gasteiger partial charge is 0.349 e. The molecule has 1 fully saturated rings. The zero-order chi connectivity index (χ0) is 17.4. The van der Waals surface area contributed by atoms with Crippen LogP contribution >= 0.6 is 23.2 Å². The Hall–Kier alpha value is -1.66. The maximum atomic E-state index is 12.9. The Labute approximate surface area is 147 Å². The van der Waals surface area contributed by atoms with Gasteiger partial charge >= 0.3 is 0 Å². The summed E-state index contributed by atoms with van der Waals surface area (Å²) in [5.74, 6) is -0.285. The van der Waals surface area contributed by atoms with E-state index in [1.54, 1.807) is 12.1 Å². The quantitative estimate of drug-likeness (QED) is 0.859. The summed E-state index contributed by atoms with van der Waals surface area (Å²) < 4.78 is 27.0. The second-order valence-corrected chi connectivity index (χ2v) is 6.76. The van der Waals surface area contributed by atoms with Crippen molar-refractivity contribution in [2.75, 3.05) is 0 Å². The van der Waals surface area contributed by atoms with E-state index in [2.05, 4.69) is 10.4 Å². The molecule has 0 bridgehead atoms. The van der Waals surface area contributed by atoms with Gasteiger partial charge in [0.05, 0.1) is 5.56 Å². The lowest BCUT2D eigenvalue weighted by Gasteiger charge is -2.06. The topological polar surface area (TPSA) is 46.9 Å². The number of rotatable bonds is 5. The van der Waals surface area contributed by atoms with Crippen LogP contribution in [0.2, 0.25) is 10.0 Å². The molecule has 1 aromatic heterocycles. The number of aromatic nitrogens is 2.